The molecule has 8 nitrogen and oxygen atoms in total. The smallest absolute Gasteiger partial charge is 0.457 e. The van der Waals surface area contributed by atoms with Gasteiger partial charge in [-0.3, -0.25) is 13.8 Å². The SMILES string of the molecule is CC/C=C\C/C=C\C/C=C\C/C=C\CCCCC(=O)O[C@H](COCCCCCCCCCCCCCCCC)COP(=O)(O)OCC[N+](C)(C)C. The fourth-order valence-corrected chi connectivity index (χ4v) is 5.99. The zero-order valence-corrected chi connectivity index (χ0v) is 34.5. The second kappa shape index (κ2) is 35.5. The third-order valence-corrected chi connectivity index (χ3v) is 9.39. The Kier molecular flexibility index (Phi) is 34.4. The maximum Gasteiger partial charge on any atom is 0.472 e. The van der Waals surface area contributed by atoms with Crippen molar-refractivity contribution in [2.45, 2.75) is 161 Å². The highest BCUT2D eigenvalue weighted by Crippen LogP contribution is 2.43. The highest BCUT2D eigenvalue weighted by atomic mass is 31.2. The van der Waals surface area contributed by atoms with E-state index in [2.05, 4.69) is 62.5 Å². The summed E-state index contributed by atoms with van der Waals surface area (Å²) in [6.45, 7) is 5.45. The van der Waals surface area contributed by atoms with Crippen LogP contribution in [0.2, 0.25) is 0 Å². The van der Waals surface area contributed by atoms with E-state index in [1.165, 1.54) is 77.0 Å². The van der Waals surface area contributed by atoms with Crippen LogP contribution in [0.25, 0.3) is 0 Å². The Morgan fingerprint density at radius 1 is 0.627 bits per heavy atom. The van der Waals surface area contributed by atoms with Crippen molar-refractivity contribution in [2.75, 3.05) is 54.1 Å². The van der Waals surface area contributed by atoms with E-state index < -0.39 is 13.9 Å². The number of quaternary nitrogens is 1. The number of carbonyl (C=O) groups excluding carboxylic acids is 1. The average molecular weight is 741 g/mol. The van der Waals surface area contributed by atoms with Gasteiger partial charge in [0.1, 0.15) is 19.3 Å². The Bertz CT molecular complexity index is 957. The molecular weight excluding hydrogens is 661 g/mol. The first-order valence-electron chi connectivity index (χ1n) is 20.4. The van der Waals surface area contributed by atoms with Gasteiger partial charge in [0.25, 0.3) is 0 Å². The standard InChI is InChI=1S/C42H78NO7P/c1-6-8-10-12-14-16-18-20-22-23-25-27-29-31-33-35-42(44)50-41(40-49-51(45,46)48-38-36-43(3,4)5)39-47-37-34-32-30-28-26-24-21-19-17-15-13-11-9-7-2/h8,10,14,16,20,22,25,27,41H,6-7,9,11-13,15,17-19,21,23-24,26,28-40H2,1-5H3/p+1/b10-8-,16-14-,22-20-,27-25-/t41-/m1/s1. The molecule has 2 atom stereocenters. The molecule has 0 aliphatic carbocycles. The van der Waals surface area contributed by atoms with Gasteiger partial charge in [0, 0.05) is 13.0 Å². The van der Waals surface area contributed by atoms with E-state index in [0.717, 1.165) is 51.4 Å². The Labute approximate surface area is 314 Å². The molecule has 0 heterocycles. The maximum absolute atomic E-state index is 12.6. The molecule has 0 saturated heterocycles. The Hall–Kier alpha value is -1.54. The van der Waals surface area contributed by atoms with E-state index in [1.807, 2.05) is 21.1 Å². The topological polar surface area (TPSA) is 91.3 Å². The van der Waals surface area contributed by atoms with Crippen LogP contribution in [0.5, 0.6) is 0 Å². The lowest BCUT2D eigenvalue weighted by atomic mass is 10.0. The van der Waals surface area contributed by atoms with Gasteiger partial charge in [0.2, 0.25) is 0 Å². The summed E-state index contributed by atoms with van der Waals surface area (Å²) in [5.74, 6) is -0.354. The predicted molar refractivity (Wildman–Crippen MR) is 215 cm³/mol. The number of unbranched alkanes of at least 4 members (excludes halogenated alkanes) is 15. The number of rotatable bonds is 37. The molecule has 1 N–H and O–H groups in total. The second-order valence-electron chi connectivity index (χ2n) is 14.6. The van der Waals surface area contributed by atoms with Crippen molar-refractivity contribution in [3.05, 3.63) is 48.6 Å². The molecule has 0 fully saturated rings. The van der Waals surface area contributed by atoms with Crippen LogP contribution in [0.3, 0.4) is 0 Å². The molecule has 0 bridgehead atoms. The Morgan fingerprint density at radius 3 is 1.67 bits per heavy atom. The van der Waals surface area contributed by atoms with Crippen molar-refractivity contribution in [3.8, 4) is 0 Å². The van der Waals surface area contributed by atoms with Crippen molar-refractivity contribution < 1.29 is 37.3 Å². The number of ether oxygens (including phenoxy) is 2. The van der Waals surface area contributed by atoms with E-state index in [-0.39, 0.29) is 32.2 Å². The first-order chi connectivity index (χ1) is 24.6. The summed E-state index contributed by atoms with van der Waals surface area (Å²) in [7, 11) is 1.64. The normalized spacial score (nSPS) is 14.4. The van der Waals surface area contributed by atoms with Crippen molar-refractivity contribution in [1.29, 1.82) is 0 Å². The third-order valence-electron chi connectivity index (χ3n) is 8.40. The molecule has 0 aromatic heterocycles. The molecule has 0 aliphatic rings. The summed E-state index contributed by atoms with van der Waals surface area (Å²) >= 11 is 0. The molecule has 9 heteroatoms. The van der Waals surface area contributed by atoms with Crippen LogP contribution in [0.15, 0.2) is 48.6 Å². The largest absolute Gasteiger partial charge is 0.472 e. The molecule has 0 radical (unpaired) electrons. The monoisotopic (exact) mass is 741 g/mol. The number of hydrogen-bond donors (Lipinski definition) is 1. The van der Waals surface area contributed by atoms with Crippen LogP contribution >= 0.6 is 7.82 Å². The molecular formula is C42H79NO7P+. The van der Waals surface area contributed by atoms with Crippen LogP contribution in [0, 0.1) is 0 Å². The summed E-state index contributed by atoms with van der Waals surface area (Å²) in [5.41, 5.74) is 0. The average Bonchev–Trinajstić information content (AvgIpc) is 3.08. The lowest BCUT2D eigenvalue weighted by Gasteiger charge is -2.24. The van der Waals surface area contributed by atoms with Gasteiger partial charge in [-0.25, -0.2) is 4.57 Å². The van der Waals surface area contributed by atoms with Crippen LogP contribution < -0.4 is 0 Å². The lowest BCUT2D eigenvalue weighted by Crippen LogP contribution is -2.37. The number of esters is 1. The minimum absolute atomic E-state index is 0.0800. The van der Waals surface area contributed by atoms with Crippen LogP contribution in [-0.2, 0) is 27.9 Å². The van der Waals surface area contributed by atoms with Gasteiger partial charge < -0.3 is 18.9 Å². The number of phosphoric acid groups is 1. The van der Waals surface area contributed by atoms with Crippen molar-refractivity contribution in [3.63, 3.8) is 0 Å². The summed E-state index contributed by atoms with van der Waals surface area (Å²) in [6, 6.07) is 0. The third kappa shape index (κ3) is 39.5. The van der Waals surface area contributed by atoms with E-state index in [1.54, 1.807) is 0 Å². The molecule has 0 rings (SSSR count). The summed E-state index contributed by atoms with van der Waals surface area (Å²) < 4.78 is 34.9. The van der Waals surface area contributed by atoms with Crippen LogP contribution in [0.4, 0.5) is 0 Å². The van der Waals surface area contributed by atoms with E-state index in [4.69, 9.17) is 18.5 Å². The highest BCUT2D eigenvalue weighted by Gasteiger charge is 2.26. The number of carbonyl (C=O) groups is 1. The number of nitrogens with zero attached hydrogens (tertiary/aromatic N) is 1. The van der Waals surface area contributed by atoms with Gasteiger partial charge in [0.15, 0.2) is 0 Å². The van der Waals surface area contributed by atoms with E-state index in [0.29, 0.717) is 24.1 Å². The molecule has 0 spiro atoms. The maximum atomic E-state index is 12.6. The van der Waals surface area contributed by atoms with Gasteiger partial charge in [-0.05, 0) is 51.4 Å². The minimum atomic E-state index is -4.28. The van der Waals surface area contributed by atoms with Crippen molar-refractivity contribution in [1.82, 2.24) is 0 Å². The van der Waals surface area contributed by atoms with Crippen molar-refractivity contribution >= 4 is 13.8 Å². The van der Waals surface area contributed by atoms with Gasteiger partial charge in [0.05, 0.1) is 34.4 Å². The molecule has 1 unspecified atom stereocenters. The van der Waals surface area contributed by atoms with Gasteiger partial charge in [-0.1, -0.05) is 146 Å². The quantitative estimate of drug-likeness (QED) is 0.0223. The fourth-order valence-electron chi connectivity index (χ4n) is 5.25. The molecule has 0 aromatic carbocycles. The molecule has 51 heavy (non-hydrogen) atoms. The van der Waals surface area contributed by atoms with E-state index >= 15 is 0 Å². The van der Waals surface area contributed by atoms with Crippen LogP contribution in [-0.4, -0.2) is 75.6 Å². The fraction of sp³-hybridized carbons (Fsp3) is 0.786. The molecule has 0 amide bonds. The predicted octanol–water partition coefficient (Wildman–Crippen LogP) is 11.6. The molecule has 0 saturated carbocycles. The van der Waals surface area contributed by atoms with Gasteiger partial charge in [-0.15, -0.1) is 0 Å². The number of allylic oxidation sites excluding steroid dienone is 8. The van der Waals surface area contributed by atoms with Crippen molar-refractivity contribution in [2.24, 2.45) is 0 Å². The van der Waals surface area contributed by atoms with Crippen LogP contribution in [0.1, 0.15) is 155 Å². The number of hydrogen-bond acceptors (Lipinski definition) is 6. The zero-order chi connectivity index (χ0) is 37.7. The Balaban J connectivity index is 4.35. The lowest BCUT2D eigenvalue weighted by molar-refractivity contribution is -0.870. The Morgan fingerprint density at radius 2 is 1.14 bits per heavy atom. The first kappa shape index (κ1) is 49.5. The summed E-state index contributed by atoms with van der Waals surface area (Å²) in [4.78, 5) is 22.8. The van der Waals surface area contributed by atoms with Gasteiger partial charge in [-0.2, -0.15) is 0 Å². The molecule has 0 aromatic rings. The summed E-state index contributed by atoms with van der Waals surface area (Å²) in [5, 5.41) is 0. The second-order valence-corrected chi connectivity index (χ2v) is 16.1. The molecule has 0 aliphatic heterocycles. The van der Waals surface area contributed by atoms with Gasteiger partial charge >= 0.3 is 13.8 Å². The van der Waals surface area contributed by atoms with E-state index in [9.17, 15) is 14.3 Å². The number of likely N-dealkylation sites (N-methyl/N-ethyl adjacent to an activating group) is 1. The zero-order valence-electron chi connectivity index (χ0n) is 33.6. The summed E-state index contributed by atoms with van der Waals surface area (Å²) in [6.07, 6.45) is 41.4. The highest BCUT2D eigenvalue weighted by molar-refractivity contribution is 7.47. The first-order valence-corrected chi connectivity index (χ1v) is 21.9. The number of phosphoric ester groups is 1. The molecule has 298 valence electrons. The minimum Gasteiger partial charge on any atom is -0.457 e.